The highest BCUT2D eigenvalue weighted by atomic mass is 16.2. The van der Waals surface area contributed by atoms with Crippen molar-refractivity contribution < 1.29 is 14.4 Å². The Hall–Kier alpha value is -4.04. The number of carbonyl (C=O) groups is 3. The standard InChI is InChI=1S/C36H47N5O3/c1-24-31(25-10-12-26(13-11-25)32(42)39-23-35(2,3)4)21-30(22-38-24)40-34(44)28-18-27(19-29(20-28)36(5,6)7)33(43)37-14-17-41-15-8-9-16-41/h10-13,18-22H,8-9,14-17,23H2,1-7H3,(H,37,43)(H,39,42)(H,40,44). The lowest BCUT2D eigenvalue weighted by Crippen LogP contribution is -2.33. The fourth-order valence-corrected chi connectivity index (χ4v) is 5.10. The van der Waals surface area contributed by atoms with Crippen LogP contribution in [-0.4, -0.2) is 60.3 Å². The lowest BCUT2D eigenvalue weighted by Gasteiger charge is -2.21. The molecule has 0 radical (unpaired) electrons. The summed E-state index contributed by atoms with van der Waals surface area (Å²) in [5.74, 6) is -0.608. The molecule has 0 saturated carbocycles. The van der Waals surface area contributed by atoms with Crippen molar-refractivity contribution in [2.75, 3.05) is 38.0 Å². The first-order valence-corrected chi connectivity index (χ1v) is 15.5. The topological polar surface area (TPSA) is 103 Å². The fraction of sp³-hybridized carbons (Fsp3) is 0.444. The minimum atomic E-state index is -0.315. The van der Waals surface area contributed by atoms with Crippen LogP contribution in [-0.2, 0) is 5.41 Å². The maximum atomic E-state index is 13.5. The number of aryl methyl sites for hydroxylation is 1. The van der Waals surface area contributed by atoms with E-state index in [9.17, 15) is 14.4 Å². The summed E-state index contributed by atoms with van der Waals surface area (Å²) >= 11 is 0. The smallest absolute Gasteiger partial charge is 0.255 e. The Morgan fingerprint density at radius 3 is 2.02 bits per heavy atom. The van der Waals surface area contributed by atoms with Crippen LogP contribution in [0.4, 0.5) is 5.69 Å². The Morgan fingerprint density at radius 1 is 0.795 bits per heavy atom. The summed E-state index contributed by atoms with van der Waals surface area (Å²) in [6.07, 6.45) is 4.05. The molecule has 1 saturated heterocycles. The van der Waals surface area contributed by atoms with Crippen molar-refractivity contribution in [1.82, 2.24) is 20.5 Å². The number of hydrogen-bond donors (Lipinski definition) is 3. The number of amides is 3. The number of pyridine rings is 1. The third kappa shape index (κ3) is 8.99. The van der Waals surface area contributed by atoms with Gasteiger partial charge < -0.3 is 20.9 Å². The van der Waals surface area contributed by atoms with Crippen LogP contribution in [0.1, 0.15) is 96.7 Å². The summed E-state index contributed by atoms with van der Waals surface area (Å²) in [6, 6.07) is 14.6. The van der Waals surface area contributed by atoms with E-state index in [2.05, 4.69) is 67.4 Å². The molecule has 8 nitrogen and oxygen atoms in total. The molecule has 4 rings (SSSR count). The fourth-order valence-electron chi connectivity index (χ4n) is 5.10. The SMILES string of the molecule is Cc1ncc(NC(=O)c2cc(C(=O)NCCN3CCCC3)cc(C(C)(C)C)c2)cc1-c1ccc(C(=O)NCC(C)(C)C)cc1. The summed E-state index contributed by atoms with van der Waals surface area (Å²) in [5, 5.41) is 8.98. The van der Waals surface area contributed by atoms with E-state index in [0.717, 1.165) is 42.0 Å². The van der Waals surface area contributed by atoms with Crippen molar-refractivity contribution in [3.05, 3.63) is 82.7 Å². The van der Waals surface area contributed by atoms with Crippen molar-refractivity contribution in [3.8, 4) is 11.1 Å². The summed E-state index contributed by atoms with van der Waals surface area (Å²) in [7, 11) is 0. The number of rotatable bonds is 9. The third-order valence-corrected chi connectivity index (χ3v) is 7.82. The molecule has 1 aromatic heterocycles. The summed E-state index contributed by atoms with van der Waals surface area (Å²) in [5.41, 5.74) is 5.20. The van der Waals surface area contributed by atoms with E-state index in [4.69, 9.17) is 0 Å². The zero-order valence-corrected chi connectivity index (χ0v) is 27.3. The van der Waals surface area contributed by atoms with Crippen LogP contribution in [0.15, 0.2) is 54.7 Å². The van der Waals surface area contributed by atoms with Gasteiger partial charge in [0.05, 0.1) is 11.9 Å². The Kier molecular flexibility index (Phi) is 10.3. The van der Waals surface area contributed by atoms with Crippen LogP contribution in [0.25, 0.3) is 11.1 Å². The molecular weight excluding hydrogens is 550 g/mol. The molecule has 8 heteroatoms. The van der Waals surface area contributed by atoms with Crippen LogP contribution in [0, 0.1) is 12.3 Å². The highest BCUT2D eigenvalue weighted by Crippen LogP contribution is 2.28. The van der Waals surface area contributed by atoms with Crippen LogP contribution in [0.2, 0.25) is 0 Å². The van der Waals surface area contributed by atoms with E-state index in [1.165, 1.54) is 12.8 Å². The lowest BCUT2D eigenvalue weighted by atomic mass is 9.85. The monoisotopic (exact) mass is 597 g/mol. The van der Waals surface area contributed by atoms with E-state index in [1.807, 2.05) is 37.3 Å². The molecule has 2 heterocycles. The molecule has 0 unspecified atom stereocenters. The Morgan fingerprint density at radius 2 is 1.41 bits per heavy atom. The highest BCUT2D eigenvalue weighted by molar-refractivity contribution is 6.06. The van der Waals surface area contributed by atoms with E-state index >= 15 is 0 Å². The number of benzene rings is 2. The zero-order chi connectivity index (χ0) is 32.1. The number of nitrogens with zero attached hydrogens (tertiary/aromatic N) is 2. The molecule has 1 aliphatic rings. The first-order chi connectivity index (χ1) is 20.7. The van der Waals surface area contributed by atoms with Crippen LogP contribution in [0.3, 0.4) is 0 Å². The van der Waals surface area contributed by atoms with Gasteiger partial charge >= 0.3 is 0 Å². The van der Waals surface area contributed by atoms with Gasteiger partial charge in [-0.15, -0.1) is 0 Å². The van der Waals surface area contributed by atoms with Crippen molar-refractivity contribution in [3.63, 3.8) is 0 Å². The normalized spacial score (nSPS) is 13.9. The number of anilines is 1. The highest BCUT2D eigenvalue weighted by Gasteiger charge is 2.21. The number of nitrogens with one attached hydrogen (secondary N) is 3. The molecule has 1 fully saturated rings. The molecule has 3 aromatic rings. The van der Waals surface area contributed by atoms with Gasteiger partial charge in [0.2, 0.25) is 0 Å². The van der Waals surface area contributed by atoms with Gasteiger partial charge in [-0.1, -0.05) is 53.7 Å². The van der Waals surface area contributed by atoms with E-state index in [-0.39, 0.29) is 28.6 Å². The second-order valence-corrected chi connectivity index (χ2v) is 14.0. The van der Waals surface area contributed by atoms with Gasteiger partial charge in [0.1, 0.15) is 0 Å². The Bertz CT molecular complexity index is 1490. The average molecular weight is 598 g/mol. The van der Waals surface area contributed by atoms with Gasteiger partial charge in [0, 0.05) is 47.6 Å². The Balaban J connectivity index is 1.50. The third-order valence-electron chi connectivity index (χ3n) is 7.82. The van der Waals surface area contributed by atoms with Crippen LogP contribution in [0.5, 0.6) is 0 Å². The van der Waals surface area contributed by atoms with E-state index < -0.39 is 0 Å². The van der Waals surface area contributed by atoms with Crippen LogP contribution >= 0.6 is 0 Å². The molecule has 3 N–H and O–H groups in total. The predicted octanol–water partition coefficient (Wildman–Crippen LogP) is 6.21. The lowest BCUT2D eigenvalue weighted by molar-refractivity contribution is 0.0934. The summed E-state index contributed by atoms with van der Waals surface area (Å²) in [6.45, 7) is 18.5. The average Bonchev–Trinajstić information content (AvgIpc) is 3.49. The number of carbonyl (C=O) groups excluding carboxylic acids is 3. The molecule has 0 aliphatic carbocycles. The molecule has 234 valence electrons. The maximum Gasteiger partial charge on any atom is 0.255 e. The van der Waals surface area contributed by atoms with Crippen molar-refractivity contribution >= 4 is 23.4 Å². The predicted molar refractivity (Wildman–Crippen MR) is 177 cm³/mol. The van der Waals surface area contributed by atoms with Gasteiger partial charge in [0.15, 0.2) is 0 Å². The van der Waals surface area contributed by atoms with Gasteiger partial charge in [0.25, 0.3) is 17.7 Å². The van der Waals surface area contributed by atoms with Gasteiger partial charge in [-0.2, -0.15) is 0 Å². The first-order valence-electron chi connectivity index (χ1n) is 15.5. The van der Waals surface area contributed by atoms with E-state index in [0.29, 0.717) is 35.5 Å². The van der Waals surface area contributed by atoms with Crippen molar-refractivity contribution in [1.29, 1.82) is 0 Å². The van der Waals surface area contributed by atoms with Gasteiger partial charge in [-0.05, 0) is 91.2 Å². The number of hydrogen-bond acceptors (Lipinski definition) is 5. The van der Waals surface area contributed by atoms with Crippen molar-refractivity contribution in [2.45, 2.75) is 66.7 Å². The number of likely N-dealkylation sites (tertiary alicyclic amines) is 1. The maximum absolute atomic E-state index is 13.5. The minimum Gasteiger partial charge on any atom is -0.352 e. The second-order valence-electron chi connectivity index (χ2n) is 14.0. The molecule has 0 spiro atoms. The molecule has 0 bridgehead atoms. The molecular formula is C36H47N5O3. The quantitative estimate of drug-likeness (QED) is 0.272. The van der Waals surface area contributed by atoms with E-state index in [1.54, 1.807) is 24.4 Å². The van der Waals surface area contributed by atoms with Gasteiger partial charge in [-0.25, -0.2) is 0 Å². The van der Waals surface area contributed by atoms with Crippen LogP contribution < -0.4 is 16.0 Å². The summed E-state index contributed by atoms with van der Waals surface area (Å²) < 4.78 is 0. The minimum absolute atomic E-state index is 0.00162. The molecule has 1 aliphatic heterocycles. The Labute approximate surface area is 262 Å². The molecule has 0 atom stereocenters. The largest absolute Gasteiger partial charge is 0.352 e. The second kappa shape index (κ2) is 13.7. The molecule has 44 heavy (non-hydrogen) atoms. The summed E-state index contributed by atoms with van der Waals surface area (Å²) in [4.78, 5) is 46.1. The zero-order valence-electron chi connectivity index (χ0n) is 27.3. The van der Waals surface area contributed by atoms with Gasteiger partial charge in [-0.3, -0.25) is 19.4 Å². The molecule has 2 aromatic carbocycles. The first kappa shape index (κ1) is 32.9. The van der Waals surface area contributed by atoms with Crippen molar-refractivity contribution in [2.24, 2.45) is 5.41 Å². The molecule has 3 amide bonds. The number of aromatic nitrogens is 1.